The minimum absolute atomic E-state index is 0.0348. The van der Waals surface area contributed by atoms with Crippen LogP contribution in [0.3, 0.4) is 0 Å². The number of nitrogens with one attached hydrogen (secondary N) is 1. The van der Waals surface area contributed by atoms with Gasteiger partial charge in [-0.05, 0) is 38.3 Å². The number of para-hydroxylation sites is 1. The summed E-state index contributed by atoms with van der Waals surface area (Å²) in [5.41, 5.74) is 1.31. The quantitative estimate of drug-likeness (QED) is 0.393. The van der Waals surface area contributed by atoms with Gasteiger partial charge in [-0.1, -0.05) is 46.6 Å². The van der Waals surface area contributed by atoms with E-state index in [9.17, 15) is 19.5 Å². The van der Waals surface area contributed by atoms with Gasteiger partial charge in [-0.2, -0.15) is 0 Å². The van der Waals surface area contributed by atoms with E-state index in [-0.39, 0.29) is 35.1 Å². The minimum atomic E-state index is -0.850. The second-order valence-electron chi connectivity index (χ2n) is 8.83. The third-order valence-electron chi connectivity index (χ3n) is 7.08. The van der Waals surface area contributed by atoms with E-state index in [2.05, 4.69) is 21.2 Å². The van der Waals surface area contributed by atoms with Crippen LogP contribution in [0.1, 0.15) is 32.3 Å². The maximum Gasteiger partial charge on any atom is 0.310 e. The fourth-order valence-corrected chi connectivity index (χ4v) is 9.52. The van der Waals surface area contributed by atoms with Crippen molar-refractivity contribution < 1.29 is 24.2 Å². The van der Waals surface area contributed by atoms with E-state index >= 15 is 0 Å². The number of aliphatic hydroxyl groups excluding tert-OH is 1. The van der Waals surface area contributed by atoms with E-state index in [0.717, 1.165) is 5.56 Å². The number of likely N-dealkylation sites (tertiary alicyclic amines) is 1. The summed E-state index contributed by atoms with van der Waals surface area (Å²) in [6.45, 7) is 5.41. The molecule has 4 rings (SSSR count). The van der Waals surface area contributed by atoms with E-state index in [1.165, 1.54) is 16.7 Å². The van der Waals surface area contributed by atoms with Crippen molar-refractivity contribution in [1.29, 1.82) is 0 Å². The Morgan fingerprint density at radius 3 is 2.76 bits per heavy atom. The lowest BCUT2D eigenvalue weighted by atomic mass is 9.71. The summed E-state index contributed by atoms with van der Waals surface area (Å²) in [5, 5.41) is 13.3. The standard InChI is InChI=1S/C23H28BrClN2O5S/c1-4-12(10-28)27-19(20(29)26-17-11(3)7-6-8-14(17)25)23-9-13(24)18(33-23)15(16(23)21(27)30)22(31)32-5-2/h6-8,12-13,15-16,18-19,28H,4-5,9-10H2,1-3H3,(H,26,29)/t12-,13?,15+,16-,18+,19?,23?/m0/s1. The van der Waals surface area contributed by atoms with Gasteiger partial charge in [0.05, 0.1) is 46.5 Å². The third-order valence-corrected chi connectivity index (χ3v) is 10.6. The number of fused-ring (bicyclic) bond motifs is 1. The molecule has 3 fully saturated rings. The lowest BCUT2D eigenvalue weighted by molar-refractivity contribution is -0.154. The summed E-state index contributed by atoms with van der Waals surface area (Å²) in [6, 6.07) is 3.98. The number of halogens is 2. The van der Waals surface area contributed by atoms with Crippen LogP contribution in [0.25, 0.3) is 0 Å². The van der Waals surface area contributed by atoms with E-state index in [0.29, 0.717) is 23.6 Å². The second-order valence-corrected chi connectivity index (χ2v) is 12.0. The monoisotopic (exact) mass is 558 g/mol. The molecule has 3 aliphatic heterocycles. The molecule has 1 aromatic carbocycles. The molecule has 3 saturated heterocycles. The molecule has 7 atom stereocenters. The first-order valence-electron chi connectivity index (χ1n) is 11.2. The number of aliphatic hydroxyl groups is 1. The van der Waals surface area contributed by atoms with Crippen molar-refractivity contribution in [3.63, 3.8) is 0 Å². The lowest BCUT2D eigenvalue weighted by Gasteiger charge is -2.37. The molecule has 0 radical (unpaired) electrons. The molecule has 0 saturated carbocycles. The fraction of sp³-hybridized carbons (Fsp3) is 0.609. The van der Waals surface area contributed by atoms with Gasteiger partial charge in [-0.25, -0.2) is 0 Å². The zero-order chi connectivity index (χ0) is 24.1. The van der Waals surface area contributed by atoms with Crippen LogP contribution in [-0.4, -0.2) is 67.9 Å². The first-order chi connectivity index (χ1) is 15.7. The first-order valence-corrected chi connectivity index (χ1v) is 13.4. The lowest BCUT2D eigenvalue weighted by Crippen LogP contribution is -2.55. The molecule has 0 aliphatic carbocycles. The molecule has 3 unspecified atom stereocenters. The average Bonchev–Trinajstić information content (AvgIpc) is 3.36. The number of carbonyl (C=O) groups is 3. The van der Waals surface area contributed by atoms with Gasteiger partial charge in [-0.15, -0.1) is 11.8 Å². The Bertz CT molecular complexity index is 956. The summed E-state index contributed by atoms with van der Waals surface area (Å²) in [7, 11) is 0. The highest BCUT2D eigenvalue weighted by Gasteiger charge is 2.76. The van der Waals surface area contributed by atoms with Gasteiger partial charge in [0, 0.05) is 10.1 Å². The van der Waals surface area contributed by atoms with Crippen molar-refractivity contribution in [2.45, 2.75) is 60.5 Å². The Balaban J connectivity index is 1.79. The highest BCUT2D eigenvalue weighted by atomic mass is 79.9. The number of hydrogen-bond acceptors (Lipinski definition) is 6. The number of alkyl halides is 1. The Morgan fingerprint density at radius 1 is 1.42 bits per heavy atom. The molecule has 1 spiro atoms. The number of carbonyl (C=O) groups excluding carboxylic acids is 3. The smallest absolute Gasteiger partial charge is 0.310 e. The molecular formula is C23H28BrClN2O5S. The zero-order valence-corrected chi connectivity index (χ0v) is 21.9. The number of nitrogens with zero attached hydrogens (tertiary/aromatic N) is 1. The number of benzene rings is 1. The zero-order valence-electron chi connectivity index (χ0n) is 18.7. The fourth-order valence-electron chi connectivity index (χ4n) is 5.66. The molecular weight excluding hydrogens is 532 g/mol. The van der Waals surface area contributed by atoms with Crippen LogP contribution in [0, 0.1) is 18.8 Å². The van der Waals surface area contributed by atoms with Gasteiger partial charge >= 0.3 is 5.97 Å². The van der Waals surface area contributed by atoms with Crippen molar-refractivity contribution in [2.24, 2.45) is 11.8 Å². The molecule has 0 aromatic heterocycles. The van der Waals surface area contributed by atoms with E-state index in [4.69, 9.17) is 16.3 Å². The molecule has 180 valence electrons. The summed E-state index contributed by atoms with van der Waals surface area (Å²) in [4.78, 5) is 42.1. The van der Waals surface area contributed by atoms with Crippen LogP contribution in [0.2, 0.25) is 5.02 Å². The van der Waals surface area contributed by atoms with Gasteiger partial charge in [0.1, 0.15) is 6.04 Å². The van der Waals surface area contributed by atoms with Crippen LogP contribution < -0.4 is 5.32 Å². The van der Waals surface area contributed by atoms with Crippen LogP contribution in [0.5, 0.6) is 0 Å². The van der Waals surface area contributed by atoms with E-state index < -0.39 is 34.6 Å². The molecule has 3 aliphatic rings. The number of ether oxygens (including phenoxy) is 1. The maximum absolute atomic E-state index is 13.9. The number of aryl methyl sites for hydroxylation is 1. The summed E-state index contributed by atoms with van der Waals surface area (Å²) < 4.78 is 4.54. The van der Waals surface area contributed by atoms with Crippen LogP contribution >= 0.6 is 39.3 Å². The normalized spacial score (nSPS) is 33.2. The van der Waals surface area contributed by atoms with Gasteiger partial charge in [0.2, 0.25) is 11.8 Å². The van der Waals surface area contributed by atoms with Crippen molar-refractivity contribution in [3.05, 3.63) is 28.8 Å². The van der Waals surface area contributed by atoms with Crippen LogP contribution in [0.15, 0.2) is 18.2 Å². The summed E-state index contributed by atoms with van der Waals surface area (Å²) in [5.74, 6) is -2.34. The van der Waals surface area contributed by atoms with E-state index in [1.807, 2.05) is 19.9 Å². The second kappa shape index (κ2) is 9.40. The van der Waals surface area contributed by atoms with Gasteiger partial charge in [0.25, 0.3) is 0 Å². The van der Waals surface area contributed by atoms with Gasteiger partial charge < -0.3 is 20.1 Å². The molecule has 2 N–H and O–H groups in total. The minimum Gasteiger partial charge on any atom is -0.466 e. The molecule has 2 bridgehead atoms. The number of esters is 1. The van der Waals surface area contributed by atoms with Gasteiger partial charge in [0.15, 0.2) is 0 Å². The third kappa shape index (κ3) is 3.79. The number of amides is 2. The Morgan fingerprint density at radius 2 is 2.15 bits per heavy atom. The Kier molecular flexibility index (Phi) is 7.07. The summed E-state index contributed by atoms with van der Waals surface area (Å²) in [6.07, 6.45) is 1.04. The first kappa shape index (κ1) is 24.8. The highest BCUT2D eigenvalue weighted by molar-refractivity contribution is 9.09. The largest absolute Gasteiger partial charge is 0.466 e. The Labute approximate surface area is 211 Å². The van der Waals surface area contributed by atoms with Crippen LogP contribution in [0.4, 0.5) is 5.69 Å². The SMILES string of the molecule is CCOC(=O)[C@H]1[C@@H]2SC3(CC2Br)C(C(=O)Nc2c(C)cccc2Cl)N([C@@H](CC)CO)C(=O)[C@H]13. The van der Waals surface area contributed by atoms with Crippen molar-refractivity contribution >= 4 is 62.8 Å². The number of thioether (sulfide) groups is 1. The van der Waals surface area contributed by atoms with Crippen molar-refractivity contribution in [1.82, 2.24) is 4.90 Å². The highest BCUT2D eigenvalue weighted by Crippen LogP contribution is 2.68. The predicted molar refractivity (Wildman–Crippen MR) is 132 cm³/mol. The number of rotatable bonds is 7. The molecule has 33 heavy (non-hydrogen) atoms. The van der Waals surface area contributed by atoms with Crippen molar-refractivity contribution in [3.8, 4) is 0 Å². The molecule has 2 amide bonds. The topological polar surface area (TPSA) is 95.9 Å². The summed E-state index contributed by atoms with van der Waals surface area (Å²) >= 11 is 11.6. The number of hydrogen-bond donors (Lipinski definition) is 2. The number of anilines is 1. The molecule has 3 heterocycles. The predicted octanol–water partition coefficient (Wildman–Crippen LogP) is 3.39. The Hall–Kier alpha value is -1.29. The average molecular weight is 560 g/mol. The van der Waals surface area contributed by atoms with E-state index in [1.54, 1.807) is 19.1 Å². The molecule has 7 nitrogen and oxygen atoms in total. The van der Waals surface area contributed by atoms with Crippen LogP contribution in [-0.2, 0) is 19.1 Å². The van der Waals surface area contributed by atoms with Crippen molar-refractivity contribution in [2.75, 3.05) is 18.5 Å². The molecule has 10 heteroatoms. The maximum atomic E-state index is 13.9. The molecule has 1 aromatic rings. The van der Waals surface area contributed by atoms with Gasteiger partial charge in [-0.3, -0.25) is 14.4 Å².